The predicted molar refractivity (Wildman–Crippen MR) is 110 cm³/mol. The third-order valence-electron chi connectivity index (χ3n) is 4.80. The summed E-state index contributed by atoms with van der Waals surface area (Å²) in [5.41, 5.74) is 3.47. The van der Waals surface area contributed by atoms with Gasteiger partial charge < -0.3 is 14.6 Å². The van der Waals surface area contributed by atoms with E-state index in [9.17, 15) is 13.5 Å². The Hall–Kier alpha value is -3.29. The average Bonchev–Trinajstić information content (AvgIpc) is 2.72. The van der Waals surface area contributed by atoms with Gasteiger partial charge in [0.15, 0.2) is 11.5 Å². The lowest BCUT2D eigenvalue weighted by molar-refractivity contribution is 0.373. The van der Waals surface area contributed by atoms with Crippen LogP contribution in [0.2, 0.25) is 0 Å². The zero-order chi connectivity index (χ0) is 20.6. The van der Waals surface area contributed by atoms with Gasteiger partial charge in [-0.2, -0.15) is 0 Å². The zero-order valence-corrected chi connectivity index (χ0v) is 16.4. The summed E-state index contributed by atoms with van der Waals surface area (Å²) in [7, 11) is -2.29. The summed E-state index contributed by atoms with van der Waals surface area (Å²) in [4.78, 5) is 0.0333. The number of phenols is 1. The van der Waals surface area contributed by atoms with Crippen LogP contribution in [0.4, 0.5) is 0 Å². The molecule has 1 heterocycles. The van der Waals surface area contributed by atoms with Gasteiger partial charge in [0.05, 0.1) is 12.0 Å². The Morgan fingerprint density at radius 3 is 2.38 bits per heavy atom. The van der Waals surface area contributed by atoms with Gasteiger partial charge in [-0.05, 0) is 53.6 Å². The molecule has 29 heavy (non-hydrogen) atoms. The number of hydrogen-bond donors (Lipinski definition) is 2. The number of sulfonamides is 1. The first-order chi connectivity index (χ1) is 13.9. The van der Waals surface area contributed by atoms with Crippen molar-refractivity contribution in [1.29, 1.82) is 0 Å². The maximum Gasteiger partial charge on any atom is 0.238 e. The van der Waals surface area contributed by atoms with Crippen LogP contribution in [-0.4, -0.2) is 20.6 Å². The number of aromatic hydroxyl groups is 1. The molecular formula is C22H19NO5S. The van der Waals surface area contributed by atoms with Crippen molar-refractivity contribution in [1.82, 2.24) is 0 Å². The molecule has 1 aliphatic heterocycles. The molecule has 0 spiro atoms. The molecule has 7 heteroatoms. The Labute approximate surface area is 168 Å². The molecule has 6 nitrogen and oxygen atoms in total. The molecule has 0 aromatic heterocycles. The average molecular weight is 409 g/mol. The highest BCUT2D eigenvalue weighted by molar-refractivity contribution is 7.89. The highest BCUT2D eigenvalue weighted by Crippen LogP contribution is 2.41. The van der Waals surface area contributed by atoms with Gasteiger partial charge in [0.2, 0.25) is 10.0 Å². The smallest absolute Gasteiger partial charge is 0.238 e. The lowest BCUT2D eigenvalue weighted by Crippen LogP contribution is -2.13. The van der Waals surface area contributed by atoms with Crippen LogP contribution in [0.15, 0.2) is 71.6 Å². The second-order valence-corrected chi connectivity index (χ2v) is 8.21. The van der Waals surface area contributed by atoms with Crippen LogP contribution in [0.25, 0.3) is 11.3 Å². The molecule has 0 fully saturated rings. The number of methoxy groups -OCH3 is 1. The molecule has 148 valence electrons. The van der Waals surface area contributed by atoms with Crippen molar-refractivity contribution in [3.8, 4) is 17.2 Å². The van der Waals surface area contributed by atoms with Gasteiger partial charge >= 0.3 is 0 Å². The van der Waals surface area contributed by atoms with E-state index >= 15 is 0 Å². The molecule has 0 bridgehead atoms. The van der Waals surface area contributed by atoms with Crippen LogP contribution < -0.4 is 14.6 Å². The van der Waals surface area contributed by atoms with Crippen LogP contribution in [0, 0.1) is 0 Å². The number of rotatable bonds is 4. The minimum Gasteiger partial charge on any atom is -0.504 e. The third kappa shape index (κ3) is 3.70. The molecule has 4 rings (SSSR count). The molecule has 1 aliphatic rings. The Bertz CT molecular complexity index is 1210. The minimum atomic E-state index is -3.78. The molecule has 0 radical (unpaired) electrons. The second kappa shape index (κ2) is 7.27. The highest BCUT2D eigenvalue weighted by Gasteiger charge is 2.23. The van der Waals surface area contributed by atoms with Crippen LogP contribution in [0.5, 0.6) is 17.2 Å². The number of primary sulfonamides is 1. The van der Waals surface area contributed by atoms with Crippen LogP contribution >= 0.6 is 0 Å². The number of hydrogen-bond acceptors (Lipinski definition) is 5. The Kier molecular flexibility index (Phi) is 4.77. The molecule has 0 unspecified atom stereocenters. The zero-order valence-electron chi connectivity index (χ0n) is 15.6. The van der Waals surface area contributed by atoms with E-state index in [1.54, 1.807) is 30.3 Å². The fourth-order valence-corrected chi connectivity index (χ4v) is 3.83. The van der Waals surface area contributed by atoms with Crippen LogP contribution in [-0.2, 0) is 16.4 Å². The number of fused-ring (bicyclic) bond motifs is 1. The van der Waals surface area contributed by atoms with E-state index in [1.807, 2.05) is 24.3 Å². The minimum absolute atomic E-state index is 0.0333. The number of benzene rings is 3. The van der Waals surface area contributed by atoms with Crippen LogP contribution in [0.3, 0.4) is 0 Å². The Morgan fingerprint density at radius 2 is 1.69 bits per heavy atom. The molecular weight excluding hydrogens is 390 g/mol. The standard InChI is InChI=1S/C22H19NO5S/c1-27-21-13-15(8-11-19(21)24)18-12-16-4-2-3-5-20(16)28-22(18)14-6-9-17(10-7-14)29(23,25)26/h2-11,13,24H,12H2,1H3,(H2,23,25,26). The van der Waals surface area contributed by atoms with Crippen molar-refractivity contribution >= 4 is 21.4 Å². The van der Waals surface area contributed by atoms with E-state index in [1.165, 1.54) is 19.2 Å². The maximum absolute atomic E-state index is 11.6. The number of ether oxygens (including phenoxy) is 2. The van der Waals surface area contributed by atoms with E-state index in [4.69, 9.17) is 14.6 Å². The van der Waals surface area contributed by atoms with Gasteiger partial charge in [-0.1, -0.05) is 24.3 Å². The molecule has 0 saturated carbocycles. The molecule has 3 aromatic rings. The molecule has 3 aromatic carbocycles. The summed E-state index contributed by atoms with van der Waals surface area (Å²) in [5, 5.41) is 15.1. The van der Waals surface area contributed by atoms with Gasteiger partial charge in [0, 0.05) is 17.6 Å². The maximum atomic E-state index is 11.6. The number of phenolic OH excluding ortho intramolecular Hbond substituents is 1. The third-order valence-corrected chi connectivity index (χ3v) is 5.73. The van der Waals surface area contributed by atoms with Crippen molar-refractivity contribution in [2.24, 2.45) is 5.14 Å². The monoisotopic (exact) mass is 409 g/mol. The summed E-state index contributed by atoms with van der Waals surface area (Å²) in [6.45, 7) is 0. The van der Waals surface area contributed by atoms with Crippen molar-refractivity contribution in [3.05, 3.63) is 83.4 Å². The van der Waals surface area contributed by atoms with Gasteiger partial charge in [-0.3, -0.25) is 0 Å². The number of nitrogens with two attached hydrogens (primary N) is 1. The summed E-state index contributed by atoms with van der Waals surface area (Å²) in [6, 6.07) is 19.1. The van der Waals surface area contributed by atoms with Crippen LogP contribution in [0.1, 0.15) is 16.7 Å². The Morgan fingerprint density at radius 1 is 1.00 bits per heavy atom. The Balaban J connectivity index is 1.87. The van der Waals surface area contributed by atoms with E-state index in [0.29, 0.717) is 23.5 Å². The first-order valence-electron chi connectivity index (χ1n) is 8.86. The second-order valence-electron chi connectivity index (χ2n) is 6.65. The fourth-order valence-electron chi connectivity index (χ4n) is 3.32. The van der Waals surface area contributed by atoms with E-state index in [0.717, 1.165) is 22.4 Å². The highest BCUT2D eigenvalue weighted by atomic mass is 32.2. The molecule has 0 atom stereocenters. The normalized spacial score (nSPS) is 13.6. The number of para-hydroxylation sites is 1. The molecule has 0 amide bonds. The SMILES string of the molecule is COc1cc(C2=C(c3ccc(S(N)(=O)=O)cc3)Oc3ccccc3C2)ccc1O. The number of allylic oxidation sites excluding steroid dienone is 1. The van der Waals surface area contributed by atoms with Gasteiger partial charge in [-0.15, -0.1) is 0 Å². The topological polar surface area (TPSA) is 98.9 Å². The van der Waals surface area contributed by atoms with Gasteiger partial charge in [0.25, 0.3) is 0 Å². The van der Waals surface area contributed by atoms with Crippen molar-refractivity contribution in [2.75, 3.05) is 7.11 Å². The molecule has 3 N–H and O–H groups in total. The molecule has 0 saturated heterocycles. The van der Waals surface area contributed by atoms with Crippen molar-refractivity contribution < 1.29 is 23.0 Å². The largest absolute Gasteiger partial charge is 0.504 e. The van der Waals surface area contributed by atoms with E-state index in [-0.39, 0.29) is 10.6 Å². The lowest BCUT2D eigenvalue weighted by Gasteiger charge is -2.24. The molecule has 0 aliphatic carbocycles. The summed E-state index contributed by atoms with van der Waals surface area (Å²) in [5.74, 6) is 1.76. The van der Waals surface area contributed by atoms with Crippen molar-refractivity contribution in [2.45, 2.75) is 11.3 Å². The van der Waals surface area contributed by atoms with E-state index < -0.39 is 10.0 Å². The van der Waals surface area contributed by atoms with E-state index in [2.05, 4.69) is 0 Å². The predicted octanol–water partition coefficient (Wildman–Crippen LogP) is 3.55. The summed E-state index contributed by atoms with van der Waals surface area (Å²) < 4.78 is 34.6. The summed E-state index contributed by atoms with van der Waals surface area (Å²) >= 11 is 0. The van der Waals surface area contributed by atoms with Gasteiger partial charge in [-0.25, -0.2) is 13.6 Å². The van der Waals surface area contributed by atoms with Crippen molar-refractivity contribution in [3.63, 3.8) is 0 Å². The quantitative estimate of drug-likeness (QED) is 0.687. The fraction of sp³-hybridized carbons (Fsp3) is 0.0909. The summed E-state index contributed by atoms with van der Waals surface area (Å²) in [6.07, 6.45) is 0.608. The first kappa shape index (κ1) is 19.0. The van der Waals surface area contributed by atoms with Gasteiger partial charge in [0.1, 0.15) is 11.5 Å². The first-order valence-corrected chi connectivity index (χ1v) is 10.4. The lowest BCUT2D eigenvalue weighted by atomic mass is 9.92.